The van der Waals surface area contributed by atoms with Crippen molar-refractivity contribution < 1.29 is 19.1 Å². The fourth-order valence-electron chi connectivity index (χ4n) is 5.00. The third-order valence-corrected chi connectivity index (χ3v) is 6.93. The maximum Gasteiger partial charge on any atom is 0.274 e. The van der Waals surface area contributed by atoms with Crippen LogP contribution in [0.2, 0.25) is 0 Å². The minimum Gasteiger partial charge on any atom is -0.497 e. The van der Waals surface area contributed by atoms with Gasteiger partial charge >= 0.3 is 0 Å². The highest BCUT2D eigenvalue weighted by molar-refractivity contribution is 5.92. The molecule has 1 aromatic carbocycles. The number of aromatic nitrogens is 2. The molecule has 33 heavy (non-hydrogen) atoms. The monoisotopic (exact) mass is 454 g/mol. The predicted octanol–water partition coefficient (Wildman–Crippen LogP) is 2.53. The summed E-state index contributed by atoms with van der Waals surface area (Å²) in [5.74, 6) is 1.12. The lowest BCUT2D eigenvalue weighted by Crippen LogP contribution is -2.50. The summed E-state index contributed by atoms with van der Waals surface area (Å²) in [7, 11) is 5.34. The largest absolute Gasteiger partial charge is 0.497 e. The molecule has 0 radical (unpaired) electrons. The molecule has 0 N–H and O–H groups in total. The number of aryl methyl sites for hydroxylation is 1. The van der Waals surface area contributed by atoms with Crippen LogP contribution in [0.1, 0.15) is 41.7 Å². The number of carbonyl (C=O) groups excluding carboxylic acids is 2. The minimum absolute atomic E-state index is 0.00778. The molecule has 8 heteroatoms. The number of likely N-dealkylation sites (tertiary alicyclic amines) is 1. The molecule has 2 amide bonds. The quantitative estimate of drug-likeness (QED) is 0.643. The zero-order chi connectivity index (χ0) is 23.4. The Morgan fingerprint density at radius 2 is 2.03 bits per heavy atom. The van der Waals surface area contributed by atoms with Crippen LogP contribution in [0.5, 0.6) is 5.75 Å². The minimum atomic E-state index is -0.275. The van der Waals surface area contributed by atoms with E-state index in [1.165, 1.54) is 0 Å². The fourth-order valence-corrected chi connectivity index (χ4v) is 5.00. The van der Waals surface area contributed by atoms with Crippen LogP contribution in [0, 0.1) is 5.92 Å². The summed E-state index contributed by atoms with van der Waals surface area (Å²) in [6, 6.07) is 9.76. The number of amides is 2. The van der Waals surface area contributed by atoms with E-state index in [0.717, 1.165) is 43.4 Å². The molecule has 2 atom stereocenters. The Hall–Kier alpha value is -2.87. The number of hydrogen-bond acceptors (Lipinski definition) is 5. The lowest BCUT2D eigenvalue weighted by molar-refractivity contribution is -0.142. The molecular weight excluding hydrogens is 420 g/mol. The van der Waals surface area contributed by atoms with Gasteiger partial charge in [0.15, 0.2) is 0 Å². The van der Waals surface area contributed by atoms with Crippen molar-refractivity contribution in [2.24, 2.45) is 13.0 Å². The number of benzene rings is 1. The summed E-state index contributed by atoms with van der Waals surface area (Å²) in [4.78, 5) is 29.8. The second kappa shape index (κ2) is 10.4. The number of nitrogens with zero attached hydrogens (tertiary/aromatic N) is 4. The highest BCUT2D eigenvalue weighted by Gasteiger charge is 2.36. The van der Waals surface area contributed by atoms with Crippen molar-refractivity contribution in [3.63, 3.8) is 0 Å². The SMILES string of the molecule is COc1cccc(C[C@@H](C2CCN(C(=O)[C@H]3CCCO3)CC2)N(C)C(=O)c2ccn(C)n2)c1. The van der Waals surface area contributed by atoms with Gasteiger partial charge in [0.2, 0.25) is 0 Å². The van der Waals surface area contributed by atoms with E-state index < -0.39 is 0 Å². The van der Waals surface area contributed by atoms with E-state index in [4.69, 9.17) is 9.47 Å². The van der Waals surface area contributed by atoms with E-state index in [1.54, 1.807) is 24.1 Å². The van der Waals surface area contributed by atoms with Crippen LogP contribution >= 0.6 is 0 Å². The van der Waals surface area contributed by atoms with Crippen molar-refractivity contribution in [2.75, 3.05) is 33.9 Å². The van der Waals surface area contributed by atoms with Crippen molar-refractivity contribution >= 4 is 11.8 Å². The van der Waals surface area contributed by atoms with Gasteiger partial charge in [0.05, 0.1) is 7.11 Å². The first-order chi connectivity index (χ1) is 16.0. The number of likely N-dealkylation sites (N-methyl/N-ethyl adjacent to an activating group) is 1. The molecule has 178 valence electrons. The summed E-state index contributed by atoms with van der Waals surface area (Å²) < 4.78 is 12.6. The van der Waals surface area contributed by atoms with E-state index in [1.807, 2.05) is 42.1 Å². The van der Waals surface area contributed by atoms with E-state index in [9.17, 15) is 9.59 Å². The second-order valence-electron chi connectivity index (χ2n) is 9.08. The average Bonchev–Trinajstić information content (AvgIpc) is 3.54. The van der Waals surface area contributed by atoms with Crippen molar-refractivity contribution in [1.82, 2.24) is 19.6 Å². The normalized spacial score (nSPS) is 20.0. The van der Waals surface area contributed by atoms with Crippen LogP contribution in [0.3, 0.4) is 0 Å². The molecule has 0 bridgehead atoms. The Labute approximate surface area is 195 Å². The number of rotatable bonds is 7. The van der Waals surface area contributed by atoms with Crippen molar-refractivity contribution in [1.29, 1.82) is 0 Å². The van der Waals surface area contributed by atoms with Crippen molar-refractivity contribution in [3.05, 3.63) is 47.8 Å². The number of hydrogen-bond donors (Lipinski definition) is 0. The van der Waals surface area contributed by atoms with Crippen LogP contribution < -0.4 is 4.74 Å². The number of methoxy groups -OCH3 is 1. The van der Waals surface area contributed by atoms with Gasteiger partial charge in [-0.05, 0) is 61.8 Å². The van der Waals surface area contributed by atoms with Gasteiger partial charge < -0.3 is 19.3 Å². The van der Waals surface area contributed by atoms with E-state index in [2.05, 4.69) is 11.2 Å². The molecule has 8 nitrogen and oxygen atoms in total. The molecule has 2 aliphatic heterocycles. The average molecular weight is 455 g/mol. The highest BCUT2D eigenvalue weighted by atomic mass is 16.5. The summed E-state index contributed by atoms with van der Waals surface area (Å²) in [5.41, 5.74) is 1.57. The van der Waals surface area contributed by atoms with Gasteiger partial charge in [0.1, 0.15) is 17.5 Å². The first-order valence-corrected chi connectivity index (χ1v) is 11.8. The number of carbonyl (C=O) groups is 2. The molecule has 0 spiro atoms. The molecule has 0 saturated carbocycles. The Morgan fingerprint density at radius 1 is 1.24 bits per heavy atom. The molecule has 2 fully saturated rings. The van der Waals surface area contributed by atoms with Crippen LogP contribution in [0.15, 0.2) is 36.5 Å². The first-order valence-electron chi connectivity index (χ1n) is 11.8. The molecule has 0 aliphatic carbocycles. The van der Waals surface area contributed by atoms with Gasteiger partial charge in [-0.2, -0.15) is 5.10 Å². The molecule has 1 aromatic heterocycles. The summed E-state index contributed by atoms with van der Waals surface area (Å²) in [6.07, 6.45) is 5.71. The maximum absolute atomic E-state index is 13.2. The molecule has 2 aliphatic rings. The fraction of sp³-hybridized carbons (Fsp3) is 0.560. The van der Waals surface area contributed by atoms with E-state index in [-0.39, 0.29) is 29.9 Å². The van der Waals surface area contributed by atoms with E-state index >= 15 is 0 Å². The molecule has 2 aromatic rings. The van der Waals surface area contributed by atoms with Gasteiger partial charge in [-0.25, -0.2) is 0 Å². The molecular formula is C25H34N4O4. The molecule has 0 unspecified atom stereocenters. The highest BCUT2D eigenvalue weighted by Crippen LogP contribution is 2.29. The van der Waals surface area contributed by atoms with Crippen LogP contribution in [-0.4, -0.2) is 77.4 Å². The Bertz CT molecular complexity index is 961. The first kappa shape index (κ1) is 23.3. The number of piperidine rings is 1. The summed E-state index contributed by atoms with van der Waals surface area (Å²) >= 11 is 0. The number of ether oxygens (including phenoxy) is 2. The Morgan fingerprint density at radius 3 is 2.67 bits per heavy atom. The third kappa shape index (κ3) is 5.38. The lowest BCUT2D eigenvalue weighted by atomic mass is 9.84. The smallest absolute Gasteiger partial charge is 0.274 e. The van der Waals surface area contributed by atoms with Gasteiger partial charge in [0, 0.05) is 46.0 Å². The standard InChI is InChI=1S/C25H34N4O4/c1-27-12-11-21(26-27)24(30)28(2)22(17-18-6-4-7-20(16-18)32-3)19-9-13-29(14-10-19)25(31)23-8-5-15-33-23/h4,6-7,11-12,16,19,22-23H,5,8-10,13-15,17H2,1-3H3/t22-,23+/m0/s1. The topological polar surface area (TPSA) is 76.9 Å². The van der Waals surface area contributed by atoms with Gasteiger partial charge in [0.25, 0.3) is 11.8 Å². The molecule has 3 heterocycles. The van der Waals surface area contributed by atoms with E-state index in [0.29, 0.717) is 25.4 Å². The Kier molecular flexibility index (Phi) is 7.33. The summed E-state index contributed by atoms with van der Waals surface area (Å²) in [5, 5.41) is 4.31. The molecule has 4 rings (SSSR count). The third-order valence-electron chi connectivity index (χ3n) is 6.93. The second-order valence-corrected chi connectivity index (χ2v) is 9.08. The summed E-state index contributed by atoms with van der Waals surface area (Å²) in [6.45, 7) is 2.07. The maximum atomic E-state index is 13.2. The zero-order valence-corrected chi connectivity index (χ0v) is 19.8. The van der Waals surface area contributed by atoms with Gasteiger partial charge in [-0.3, -0.25) is 14.3 Å². The Balaban J connectivity index is 1.49. The van der Waals surface area contributed by atoms with Crippen molar-refractivity contribution in [3.8, 4) is 5.75 Å². The lowest BCUT2D eigenvalue weighted by Gasteiger charge is -2.40. The predicted molar refractivity (Wildman–Crippen MR) is 124 cm³/mol. The van der Waals surface area contributed by atoms with Gasteiger partial charge in [-0.1, -0.05) is 12.1 Å². The van der Waals surface area contributed by atoms with Gasteiger partial charge in [-0.15, -0.1) is 0 Å². The van der Waals surface area contributed by atoms with Crippen molar-refractivity contribution in [2.45, 2.75) is 44.2 Å². The van der Waals surface area contributed by atoms with Crippen LogP contribution in [-0.2, 0) is 23.0 Å². The molecule has 2 saturated heterocycles. The van der Waals surface area contributed by atoms with Crippen LogP contribution in [0.4, 0.5) is 0 Å². The zero-order valence-electron chi connectivity index (χ0n) is 19.8. The van der Waals surface area contributed by atoms with Crippen LogP contribution in [0.25, 0.3) is 0 Å².